The molecule has 5 heteroatoms. The lowest BCUT2D eigenvalue weighted by atomic mass is 10.2. The molecule has 1 aromatic carbocycles. The predicted molar refractivity (Wildman–Crippen MR) is 75.2 cm³/mol. The first-order valence-electron chi connectivity index (χ1n) is 5.39. The lowest BCUT2D eigenvalue weighted by molar-refractivity contribution is 1.27. The van der Waals surface area contributed by atoms with E-state index in [2.05, 4.69) is 9.98 Å². The van der Waals surface area contributed by atoms with Crippen LogP contribution in [0.25, 0.3) is 0 Å². The summed E-state index contributed by atoms with van der Waals surface area (Å²) in [6.45, 7) is 1.91. The highest BCUT2D eigenvalue weighted by molar-refractivity contribution is 6.31. The summed E-state index contributed by atoms with van der Waals surface area (Å²) in [5.41, 5.74) is 14.3. The summed E-state index contributed by atoms with van der Waals surface area (Å²) in [6.07, 6.45) is 1.63. The first-order chi connectivity index (χ1) is 8.58. The molecule has 0 amide bonds. The molecule has 2 rings (SSSR count). The predicted octanol–water partition coefficient (Wildman–Crippen LogP) is 2.66. The molecule has 0 saturated carbocycles. The summed E-state index contributed by atoms with van der Waals surface area (Å²) in [5, 5.41) is 0.699. The van der Waals surface area contributed by atoms with Crippen LogP contribution in [0.1, 0.15) is 11.3 Å². The maximum Gasteiger partial charge on any atom is 0.152 e. The Hall–Kier alpha value is -2.07. The quantitative estimate of drug-likeness (QED) is 0.644. The van der Waals surface area contributed by atoms with E-state index in [9.17, 15) is 0 Å². The van der Waals surface area contributed by atoms with Crippen molar-refractivity contribution in [3.8, 4) is 0 Å². The Morgan fingerprint density at radius 3 is 2.78 bits per heavy atom. The van der Waals surface area contributed by atoms with Crippen LogP contribution in [-0.4, -0.2) is 10.8 Å². The highest BCUT2D eigenvalue weighted by atomic mass is 35.5. The van der Waals surface area contributed by atoms with Crippen molar-refractivity contribution in [3.63, 3.8) is 0 Å². The van der Waals surface area contributed by atoms with Gasteiger partial charge in [0.1, 0.15) is 5.69 Å². The molecule has 92 valence electrons. The molecular weight excluding hydrogens is 248 g/mol. The van der Waals surface area contributed by atoms with E-state index in [4.69, 9.17) is 23.1 Å². The molecule has 0 spiro atoms. The minimum Gasteiger partial charge on any atom is -0.397 e. The Labute approximate surface area is 110 Å². The second-order valence-corrected chi connectivity index (χ2v) is 4.28. The zero-order valence-corrected chi connectivity index (χ0v) is 10.6. The number of benzene rings is 1. The zero-order valence-electron chi connectivity index (χ0n) is 9.89. The van der Waals surface area contributed by atoms with Gasteiger partial charge in [0, 0.05) is 11.2 Å². The molecule has 0 aliphatic heterocycles. The van der Waals surface area contributed by atoms with Gasteiger partial charge in [-0.3, -0.25) is 4.98 Å². The van der Waals surface area contributed by atoms with Crippen molar-refractivity contribution in [2.75, 3.05) is 5.73 Å². The molecule has 2 aromatic rings. The van der Waals surface area contributed by atoms with Crippen molar-refractivity contribution < 1.29 is 0 Å². The van der Waals surface area contributed by atoms with Crippen LogP contribution in [0.5, 0.6) is 0 Å². The van der Waals surface area contributed by atoms with Gasteiger partial charge in [-0.2, -0.15) is 0 Å². The number of rotatable bonds is 2. The minimum atomic E-state index is 0.287. The standard InChI is InChI=1S/C13H13ClN4/c1-8-7-9(4-5-10(8)14)18-13(16)12-11(15)3-2-6-17-12/h2-7H,15H2,1H3,(H2,16,18). The lowest BCUT2D eigenvalue weighted by Gasteiger charge is -2.04. The Balaban J connectivity index is 2.39. The van der Waals surface area contributed by atoms with Crippen LogP contribution in [0.4, 0.5) is 11.4 Å². The average molecular weight is 261 g/mol. The molecule has 18 heavy (non-hydrogen) atoms. The van der Waals surface area contributed by atoms with Crippen molar-refractivity contribution in [1.82, 2.24) is 4.98 Å². The molecule has 0 bridgehead atoms. The Bertz CT molecular complexity index is 608. The number of anilines is 1. The number of aromatic nitrogens is 1. The molecule has 0 unspecified atom stereocenters. The monoisotopic (exact) mass is 260 g/mol. The number of pyridine rings is 1. The van der Waals surface area contributed by atoms with Gasteiger partial charge in [0.25, 0.3) is 0 Å². The van der Waals surface area contributed by atoms with Crippen LogP contribution in [0, 0.1) is 6.92 Å². The van der Waals surface area contributed by atoms with Gasteiger partial charge in [0.05, 0.1) is 11.4 Å². The van der Waals surface area contributed by atoms with Gasteiger partial charge in [-0.05, 0) is 42.8 Å². The van der Waals surface area contributed by atoms with Crippen LogP contribution < -0.4 is 11.5 Å². The number of hydrogen-bond donors (Lipinski definition) is 2. The van der Waals surface area contributed by atoms with Crippen molar-refractivity contribution in [3.05, 3.63) is 52.8 Å². The van der Waals surface area contributed by atoms with E-state index in [1.54, 1.807) is 30.5 Å². The molecule has 1 heterocycles. The third kappa shape index (κ3) is 2.60. The molecule has 0 aliphatic carbocycles. The summed E-state index contributed by atoms with van der Waals surface area (Å²) in [7, 11) is 0. The number of halogens is 1. The van der Waals surface area contributed by atoms with E-state index in [1.807, 2.05) is 13.0 Å². The first kappa shape index (κ1) is 12.4. The van der Waals surface area contributed by atoms with Gasteiger partial charge in [0.2, 0.25) is 0 Å². The topological polar surface area (TPSA) is 77.3 Å². The summed E-state index contributed by atoms with van der Waals surface area (Å²) < 4.78 is 0. The largest absolute Gasteiger partial charge is 0.397 e. The molecule has 4 nitrogen and oxygen atoms in total. The van der Waals surface area contributed by atoms with E-state index in [0.717, 1.165) is 11.3 Å². The minimum absolute atomic E-state index is 0.287. The van der Waals surface area contributed by atoms with E-state index < -0.39 is 0 Å². The van der Waals surface area contributed by atoms with Crippen molar-refractivity contribution in [2.45, 2.75) is 6.92 Å². The number of hydrogen-bond acceptors (Lipinski definition) is 3. The van der Waals surface area contributed by atoms with Gasteiger partial charge in [0.15, 0.2) is 5.84 Å². The fourth-order valence-electron chi connectivity index (χ4n) is 1.52. The Morgan fingerprint density at radius 2 is 2.11 bits per heavy atom. The summed E-state index contributed by atoms with van der Waals surface area (Å²) in [5.74, 6) is 0.287. The van der Waals surface area contributed by atoms with Gasteiger partial charge in [-0.25, -0.2) is 4.99 Å². The number of aliphatic imine (C=N–C) groups is 1. The third-order valence-corrected chi connectivity index (χ3v) is 2.90. The van der Waals surface area contributed by atoms with E-state index in [0.29, 0.717) is 16.4 Å². The van der Waals surface area contributed by atoms with Crippen molar-refractivity contribution in [2.24, 2.45) is 10.7 Å². The number of nitrogen functional groups attached to an aromatic ring is 1. The highest BCUT2D eigenvalue weighted by Gasteiger charge is 2.05. The summed E-state index contributed by atoms with van der Waals surface area (Å²) >= 11 is 5.95. The van der Waals surface area contributed by atoms with Crippen molar-refractivity contribution >= 4 is 28.8 Å². The summed E-state index contributed by atoms with van der Waals surface area (Å²) in [4.78, 5) is 8.39. The number of nitrogens with two attached hydrogens (primary N) is 2. The smallest absolute Gasteiger partial charge is 0.152 e. The highest BCUT2D eigenvalue weighted by Crippen LogP contribution is 2.22. The average Bonchev–Trinajstić information content (AvgIpc) is 2.34. The maximum absolute atomic E-state index is 5.95. The number of amidine groups is 1. The molecule has 0 fully saturated rings. The van der Waals surface area contributed by atoms with Crippen LogP contribution >= 0.6 is 11.6 Å². The normalized spacial score (nSPS) is 11.6. The molecule has 0 saturated heterocycles. The van der Waals surface area contributed by atoms with Gasteiger partial charge in [-0.15, -0.1) is 0 Å². The molecule has 0 atom stereocenters. The van der Waals surface area contributed by atoms with Gasteiger partial charge >= 0.3 is 0 Å². The van der Waals surface area contributed by atoms with E-state index in [1.165, 1.54) is 0 Å². The SMILES string of the molecule is Cc1cc(N=C(N)c2ncccc2N)ccc1Cl. The number of aryl methyl sites for hydroxylation is 1. The van der Waals surface area contributed by atoms with E-state index >= 15 is 0 Å². The van der Waals surface area contributed by atoms with Crippen LogP contribution in [-0.2, 0) is 0 Å². The second-order valence-electron chi connectivity index (χ2n) is 3.87. The molecule has 4 N–H and O–H groups in total. The fraction of sp³-hybridized carbons (Fsp3) is 0.0769. The summed E-state index contributed by atoms with van der Waals surface area (Å²) in [6, 6.07) is 8.91. The third-order valence-electron chi connectivity index (χ3n) is 2.47. The molecule has 0 aliphatic rings. The molecule has 0 radical (unpaired) electrons. The van der Waals surface area contributed by atoms with Gasteiger partial charge in [-0.1, -0.05) is 11.6 Å². The van der Waals surface area contributed by atoms with Crippen LogP contribution in [0.2, 0.25) is 5.02 Å². The van der Waals surface area contributed by atoms with Crippen molar-refractivity contribution in [1.29, 1.82) is 0 Å². The zero-order chi connectivity index (χ0) is 13.1. The van der Waals surface area contributed by atoms with E-state index in [-0.39, 0.29) is 5.84 Å². The fourth-order valence-corrected chi connectivity index (χ4v) is 1.64. The Morgan fingerprint density at radius 1 is 1.33 bits per heavy atom. The van der Waals surface area contributed by atoms with Gasteiger partial charge < -0.3 is 11.5 Å². The molecular formula is C13H13ClN4. The van der Waals surface area contributed by atoms with Crippen LogP contribution in [0.3, 0.4) is 0 Å². The lowest BCUT2D eigenvalue weighted by Crippen LogP contribution is -2.16. The maximum atomic E-state index is 5.95. The van der Waals surface area contributed by atoms with Crippen LogP contribution in [0.15, 0.2) is 41.5 Å². The second kappa shape index (κ2) is 5.06. The first-order valence-corrected chi connectivity index (χ1v) is 5.77. The number of nitrogens with zero attached hydrogens (tertiary/aromatic N) is 2. The Kier molecular flexibility index (Phi) is 3.48. The molecule has 1 aromatic heterocycles.